The molecule has 28 heavy (non-hydrogen) atoms. The molecule has 0 spiro atoms. The molecule has 0 unspecified atom stereocenters. The fraction of sp³-hybridized carbons (Fsp3) is 0.368. The van der Waals surface area contributed by atoms with E-state index in [-0.39, 0.29) is 5.92 Å². The molecule has 0 atom stereocenters. The van der Waals surface area contributed by atoms with Crippen LogP contribution in [0.2, 0.25) is 0 Å². The highest BCUT2D eigenvalue weighted by molar-refractivity contribution is 7.86. The Labute approximate surface area is 164 Å². The number of piperidine rings is 1. The maximum atomic E-state index is 12.3. The molecule has 0 aliphatic carbocycles. The van der Waals surface area contributed by atoms with Crippen molar-refractivity contribution in [3.63, 3.8) is 0 Å². The van der Waals surface area contributed by atoms with Crippen LogP contribution in [0.3, 0.4) is 0 Å². The molecular weight excluding hydrogens is 376 g/mol. The fourth-order valence-electron chi connectivity index (χ4n) is 3.47. The number of nitrogens with zero attached hydrogens (tertiary/aromatic N) is 6. The number of hydrogen-bond donors (Lipinski definition) is 0. The van der Waals surface area contributed by atoms with Crippen molar-refractivity contribution in [2.45, 2.75) is 18.8 Å². The summed E-state index contributed by atoms with van der Waals surface area (Å²) in [6.45, 7) is 1.01. The standard InChI is InChI=1S/C19H22N6O2S/c1-24(2)28(26,27)25-7-5-14(6-8-25)18-4-3-15-9-16(12-22-19(15)23-18)17-10-20-13-21-11-17/h3-4,9-14H,5-8H2,1-2H3. The Morgan fingerprint density at radius 3 is 2.43 bits per heavy atom. The smallest absolute Gasteiger partial charge is 0.244 e. The predicted molar refractivity (Wildman–Crippen MR) is 107 cm³/mol. The molecule has 1 saturated heterocycles. The minimum absolute atomic E-state index is 0.238. The fourth-order valence-corrected chi connectivity index (χ4v) is 4.61. The van der Waals surface area contributed by atoms with Crippen molar-refractivity contribution in [1.82, 2.24) is 28.5 Å². The molecule has 146 valence electrons. The van der Waals surface area contributed by atoms with E-state index in [2.05, 4.69) is 15.0 Å². The molecule has 3 aromatic heterocycles. The molecule has 0 aromatic carbocycles. The highest BCUT2D eigenvalue weighted by atomic mass is 32.2. The molecule has 9 heteroatoms. The highest BCUT2D eigenvalue weighted by Gasteiger charge is 2.30. The van der Waals surface area contributed by atoms with Gasteiger partial charge in [-0.3, -0.25) is 0 Å². The van der Waals surface area contributed by atoms with Crippen molar-refractivity contribution in [3.05, 3.63) is 48.8 Å². The first kappa shape index (κ1) is 18.9. The number of rotatable bonds is 4. The van der Waals surface area contributed by atoms with E-state index in [1.807, 2.05) is 18.2 Å². The van der Waals surface area contributed by atoms with Gasteiger partial charge in [-0.05, 0) is 31.0 Å². The second kappa shape index (κ2) is 7.50. The lowest BCUT2D eigenvalue weighted by atomic mass is 9.94. The van der Waals surface area contributed by atoms with Gasteiger partial charge in [-0.25, -0.2) is 19.9 Å². The summed E-state index contributed by atoms with van der Waals surface area (Å²) in [5.74, 6) is 0.238. The monoisotopic (exact) mass is 398 g/mol. The maximum Gasteiger partial charge on any atom is 0.281 e. The molecule has 1 fully saturated rings. The molecule has 4 heterocycles. The van der Waals surface area contributed by atoms with Crippen LogP contribution in [0.4, 0.5) is 0 Å². The predicted octanol–water partition coefficient (Wildman–Crippen LogP) is 2.07. The molecular formula is C19H22N6O2S. The Bertz CT molecular complexity index is 1080. The number of hydrogen-bond acceptors (Lipinski definition) is 6. The molecule has 0 saturated carbocycles. The van der Waals surface area contributed by atoms with Gasteiger partial charge >= 0.3 is 0 Å². The van der Waals surface area contributed by atoms with Crippen molar-refractivity contribution in [2.75, 3.05) is 27.2 Å². The Kier molecular flexibility index (Phi) is 5.05. The zero-order valence-corrected chi connectivity index (χ0v) is 16.7. The second-order valence-electron chi connectivity index (χ2n) is 7.10. The van der Waals surface area contributed by atoms with Gasteiger partial charge in [0.05, 0.1) is 0 Å². The van der Waals surface area contributed by atoms with Gasteiger partial charge in [-0.1, -0.05) is 0 Å². The summed E-state index contributed by atoms with van der Waals surface area (Å²) >= 11 is 0. The molecule has 3 aromatic rings. The average Bonchev–Trinajstić information content (AvgIpc) is 2.73. The molecule has 0 N–H and O–H groups in total. The van der Waals surface area contributed by atoms with E-state index in [9.17, 15) is 8.42 Å². The summed E-state index contributed by atoms with van der Waals surface area (Å²) < 4.78 is 27.3. The molecule has 1 aliphatic heterocycles. The summed E-state index contributed by atoms with van der Waals surface area (Å²) in [5.41, 5.74) is 3.53. The van der Waals surface area contributed by atoms with E-state index in [1.54, 1.807) is 32.7 Å². The summed E-state index contributed by atoms with van der Waals surface area (Å²) in [4.78, 5) is 17.3. The quantitative estimate of drug-likeness (QED) is 0.668. The SMILES string of the molecule is CN(C)S(=O)(=O)N1CCC(c2ccc3cc(-c4cncnc4)cnc3n2)CC1. The lowest BCUT2D eigenvalue weighted by Gasteiger charge is -2.32. The molecule has 0 radical (unpaired) electrons. The third kappa shape index (κ3) is 3.60. The topological polar surface area (TPSA) is 92.2 Å². The zero-order valence-electron chi connectivity index (χ0n) is 15.9. The minimum Gasteiger partial charge on any atom is -0.244 e. The third-order valence-electron chi connectivity index (χ3n) is 5.12. The van der Waals surface area contributed by atoms with E-state index in [0.717, 1.165) is 35.0 Å². The van der Waals surface area contributed by atoms with Crippen molar-refractivity contribution in [3.8, 4) is 11.1 Å². The normalized spacial score (nSPS) is 16.7. The Balaban J connectivity index is 1.53. The summed E-state index contributed by atoms with van der Waals surface area (Å²) in [6.07, 6.45) is 8.31. The number of aromatic nitrogens is 4. The third-order valence-corrected chi connectivity index (χ3v) is 7.06. The Morgan fingerprint density at radius 2 is 1.75 bits per heavy atom. The second-order valence-corrected chi connectivity index (χ2v) is 9.24. The van der Waals surface area contributed by atoms with Gasteiger partial charge in [0.2, 0.25) is 0 Å². The maximum absolute atomic E-state index is 12.3. The van der Waals surface area contributed by atoms with Gasteiger partial charge in [-0.2, -0.15) is 17.0 Å². The summed E-state index contributed by atoms with van der Waals surface area (Å²) in [7, 11) is -0.221. The van der Waals surface area contributed by atoms with Gasteiger partial charge in [0.1, 0.15) is 6.33 Å². The van der Waals surface area contributed by atoms with Gasteiger partial charge in [-0.15, -0.1) is 0 Å². The zero-order chi connectivity index (χ0) is 19.7. The molecule has 1 aliphatic rings. The van der Waals surface area contributed by atoms with E-state index in [1.165, 1.54) is 14.9 Å². The molecule has 8 nitrogen and oxygen atoms in total. The lowest BCUT2D eigenvalue weighted by Crippen LogP contribution is -2.44. The van der Waals surface area contributed by atoms with Gasteiger partial charge in [0.15, 0.2) is 5.65 Å². The van der Waals surface area contributed by atoms with Crippen LogP contribution in [0.5, 0.6) is 0 Å². The van der Waals surface area contributed by atoms with Crippen LogP contribution in [0, 0.1) is 0 Å². The first-order valence-corrected chi connectivity index (χ1v) is 10.5. The first-order valence-electron chi connectivity index (χ1n) is 9.15. The van der Waals surface area contributed by atoms with E-state index in [4.69, 9.17) is 4.98 Å². The first-order chi connectivity index (χ1) is 13.4. The van der Waals surface area contributed by atoms with Crippen LogP contribution < -0.4 is 0 Å². The minimum atomic E-state index is -3.35. The van der Waals surface area contributed by atoms with Gasteiger partial charge in [0, 0.05) is 73.9 Å². The van der Waals surface area contributed by atoms with E-state index >= 15 is 0 Å². The lowest BCUT2D eigenvalue weighted by molar-refractivity contribution is 0.300. The molecule has 4 rings (SSSR count). The Morgan fingerprint density at radius 1 is 1.04 bits per heavy atom. The van der Waals surface area contributed by atoms with E-state index < -0.39 is 10.2 Å². The van der Waals surface area contributed by atoms with Crippen molar-refractivity contribution in [2.24, 2.45) is 0 Å². The molecule has 0 bridgehead atoms. The van der Waals surface area contributed by atoms with Crippen LogP contribution in [0.15, 0.2) is 43.1 Å². The largest absolute Gasteiger partial charge is 0.281 e. The Hall–Kier alpha value is -2.49. The van der Waals surface area contributed by atoms with Crippen LogP contribution >= 0.6 is 0 Å². The molecule has 0 amide bonds. The van der Waals surface area contributed by atoms with E-state index in [0.29, 0.717) is 18.7 Å². The highest BCUT2D eigenvalue weighted by Crippen LogP contribution is 2.30. The van der Waals surface area contributed by atoms with Crippen LogP contribution in [0.25, 0.3) is 22.2 Å². The average molecular weight is 398 g/mol. The van der Waals surface area contributed by atoms with Crippen molar-refractivity contribution in [1.29, 1.82) is 0 Å². The van der Waals surface area contributed by atoms with Gasteiger partial charge < -0.3 is 0 Å². The van der Waals surface area contributed by atoms with Crippen LogP contribution in [-0.2, 0) is 10.2 Å². The van der Waals surface area contributed by atoms with Crippen molar-refractivity contribution >= 4 is 21.2 Å². The van der Waals surface area contributed by atoms with Crippen LogP contribution in [-0.4, -0.2) is 64.1 Å². The van der Waals surface area contributed by atoms with Crippen LogP contribution in [0.1, 0.15) is 24.5 Å². The summed E-state index contributed by atoms with van der Waals surface area (Å²) in [6, 6.07) is 6.08. The number of fused-ring (bicyclic) bond motifs is 1. The summed E-state index contributed by atoms with van der Waals surface area (Å²) in [5, 5.41) is 0.956. The van der Waals surface area contributed by atoms with Crippen molar-refractivity contribution < 1.29 is 8.42 Å². The number of pyridine rings is 2. The van der Waals surface area contributed by atoms with Gasteiger partial charge in [0.25, 0.3) is 10.2 Å².